The van der Waals surface area contributed by atoms with Crippen molar-refractivity contribution in [2.75, 3.05) is 6.54 Å². The van der Waals surface area contributed by atoms with Gasteiger partial charge in [-0.25, -0.2) is 5.48 Å². The Morgan fingerprint density at radius 1 is 1.00 bits per heavy atom. The highest BCUT2D eigenvalue weighted by atomic mass is 32.1. The third-order valence-electron chi connectivity index (χ3n) is 5.52. The smallest absolute Gasteiger partial charge is 0.247 e. The molecule has 1 aromatic carbocycles. The van der Waals surface area contributed by atoms with Gasteiger partial charge in [-0.05, 0) is 52.6 Å². The summed E-state index contributed by atoms with van der Waals surface area (Å²) in [4.78, 5) is 39.1. The number of amides is 3. The van der Waals surface area contributed by atoms with E-state index < -0.39 is 23.7 Å². The lowest BCUT2D eigenvalue weighted by Crippen LogP contribution is -2.52. The van der Waals surface area contributed by atoms with Crippen molar-refractivity contribution >= 4 is 35.1 Å². The Morgan fingerprint density at radius 2 is 1.71 bits per heavy atom. The third kappa shape index (κ3) is 9.66. The lowest BCUT2D eigenvalue weighted by atomic mass is 9.82. The molecule has 2 atom stereocenters. The molecule has 8 heteroatoms. The molecule has 1 heterocycles. The summed E-state index contributed by atoms with van der Waals surface area (Å²) >= 11 is 1.52. The van der Waals surface area contributed by atoms with E-state index in [0.717, 1.165) is 11.1 Å². The number of hydrazine groups is 1. The van der Waals surface area contributed by atoms with Crippen LogP contribution in [0, 0.1) is 23.7 Å². The van der Waals surface area contributed by atoms with Gasteiger partial charge in [0.05, 0.1) is 18.3 Å². The first-order chi connectivity index (χ1) is 16.7. The van der Waals surface area contributed by atoms with Crippen LogP contribution in [0.3, 0.4) is 0 Å². The van der Waals surface area contributed by atoms with Crippen LogP contribution in [0.5, 0.6) is 0 Å². The van der Waals surface area contributed by atoms with Crippen LogP contribution >= 0.6 is 11.3 Å². The van der Waals surface area contributed by atoms with E-state index in [1.165, 1.54) is 16.3 Å². The number of hydrogen-bond acceptors (Lipinski definition) is 5. The Kier molecular flexibility index (Phi) is 11.7. The van der Waals surface area contributed by atoms with E-state index in [-0.39, 0.29) is 30.6 Å². The summed E-state index contributed by atoms with van der Waals surface area (Å²) in [7, 11) is 0. The predicted molar refractivity (Wildman–Crippen MR) is 139 cm³/mol. The number of hydrogen-bond donors (Lipinski definition) is 3. The fourth-order valence-corrected chi connectivity index (χ4v) is 4.54. The van der Waals surface area contributed by atoms with Crippen LogP contribution in [0.2, 0.25) is 0 Å². The summed E-state index contributed by atoms with van der Waals surface area (Å²) in [6.45, 7) is 8.25. The van der Waals surface area contributed by atoms with Gasteiger partial charge < -0.3 is 0 Å². The van der Waals surface area contributed by atoms with Crippen molar-refractivity contribution < 1.29 is 19.6 Å². The zero-order chi connectivity index (χ0) is 25.8. The number of carbonyl (C=O) groups excluding carboxylic acids is 3. The largest absolute Gasteiger partial charge is 0.289 e. The van der Waals surface area contributed by atoms with Gasteiger partial charge in [0.25, 0.3) is 0 Å². The molecule has 0 aliphatic carbocycles. The van der Waals surface area contributed by atoms with Crippen molar-refractivity contribution in [3.63, 3.8) is 0 Å². The monoisotopic (exact) mass is 499 g/mol. The summed E-state index contributed by atoms with van der Waals surface area (Å²) in [5, 5.41) is 14.6. The quantitative estimate of drug-likeness (QED) is 0.291. The molecule has 2 aromatic rings. The van der Waals surface area contributed by atoms with Crippen molar-refractivity contribution in [1.82, 2.24) is 15.9 Å². The van der Waals surface area contributed by atoms with Gasteiger partial charge in [0.2, 0.25) is 17.7 Å². The number of hydroxylamine groups is 1. The van der Waals surface area contributed by atoms with Crippen molar-refractivity contribution in [2.45, 2.75) is 47.0 Å². The highest BCUT2D eigenvalue weighted by molar-refractivity contribution is 7.08. The van der Waals surface area contributed by atoms with Crippen LogP contribution in [0.15, 0.2) is 53.2 Å². The lowest BCUT2D eigenvalue weighted by Gasteiger charge is -2.30. The highest BCUT2D eigenvalue weighted by Crippen LogP contribution is 2.26. The van der Waals surface area contributed by atoms with Crippen LogP contribution in [0.25, 0.3) is 6.08 Å². The van der Waals surface area contributed by atoms with E-state index in [2.05, 4.69) is 5.43 Å². The molecule has 2 rings (SSSR count). The molecular weight excluding hydrogens is 462 g/mol. The van der Waals surface area contributed by atoms with Crippen LogP contribution in [-0.2, 0) is 20.8 Å². The molecule has 7 nitrogen and oxygen atoms in total. The second kappa shape index (κ2) is 14.4. The van der Waals surface area contributed by atoms with E-state index >= 15 is 0 Å². The van der Waals surface area contributed by atoms with Crippen molar-refractivity contribution in [2.24, 2.45) is 23.7 Å². The van der Waals surface area contributed by atoms with Gasteiger partial charge >= 0.3 is 0 Å². The Morgan fingerprint density at radius 3 is 2.29 bits per heavy atom. The zero-order valence-electron chi connectivity index (χ0n) is 20.9. The Hall–Kier alpha value is -2.97. The number of allylic oxidation sites excluding steroid dienone is 1. The standard InChI is InChI=1S/C27H37N3O4S/c1-19(2)15-24(23(27(33)29-34)12-8-11-21-9-6-5-7-10-21)26(32)28-30(17-20(3)4)25(31)16-22-13-14-35-18-22/h5-11,13-14,18-20,23-24,34H,12,15-17H2,1-4H3,(H,28,32)(H,29,33)/t23-,24+/m0/s1. The molecule has 0 unspecified atom stereocenters. The molecule has 0 aliphatic rings. The normalized spacial score (nSPS) is 13.1. The van der Waals surface area contributed by atoms with Gasteiger partial charge in [-0.3, -0.25) is 30.0 Å². The van der Waals surface area contributed by atoms with E-state index in [1.807, 2.05) is 87.0 Å². The summed E-state index contributed by atoms with van der Waals surface area (Å²) in [5.41, 5.74) is 6.39. The van der Waals surface area contributed by atoms with Gasteiger partial charge in [0.15, 0.2) is 0 Å². The van der Waals surface area contributed by atoms with Gasteiger partial charge in [0, 0.05) is 6.54 Å². The minimum absolute atomic E-state index is 0.123. The minimum Gasteiger partial charge on any atom is -0.289 e. The maximum Gasteiger partial charge on any atom is 0.247 e. The molecule has 190 valence electrons. The van der Waals surface area contributed by atoms with Gasteiger partial charge in [0.1, 0.15) is 0 Å². The van der Waals surface area contributed by atoms with Gasteiger partial charge in [-0.2, -0.15) is 11.3 Å². The van der Waals surface area contributed by atoms with Crippen LogP contribution in [0.1, 0.15) is 51.7 Å². The third-order valence-corrected chi connectivity index (χ3v) is 6.26. The molecule has 0 fully saturated rings. The average Bonchev–Trinajstić information content (AvgIpc) is 3.33. The second-order valence-electron chi connectivity index (χ2n) is 9.55. The Labute approximate surface area is 212 Å². The molecule has 35 heavy (non-hydrogen) atoms. The fourth-order valence-electron chi connectivity index (χ4n) is 3.87. The SMILES string of the molecule is CC(C)C[C@@H](C(=O)NN(CC(C)C)C(=O)Cc1ccsc1)[C@H](CC=Cc1ccccc1)C(=O)NO. The molecule has 0 bridgehead atoms. The molecule has 0 saturated heterocycles. The first-order valence-electron chi connectivity index (χ1n) is 12.0. The number of benzene rings is 1. The number of nitrogens with zero attached hydrogens (tertiary/aromatic N) is 1. The molecule has 0 saturated carbocycles. The molecular formula is C27H37N3O4S. The Bertz CT molecular complexity index is 958. The summed E-state index contributed by atoms with van der Waals surface area (Å²) in [6.07, 6.45) is 4.60. The van der Waals surface area contributed by atoms with E-state index in [0.29, 0.717) is 13.0 Å². The number of thiophene rings is 1. The first kappa shape index (κ1) is 28.3. The first-order valence-corrected chi connectivity index (χ1v) is 12.9. The number of carbonyl (C=O) groups is 3. The molecule has 0 radical (unpaired) electrons. The fraction of sp³-hybridized carbons (Fsp3) is 0.444. The minimum atomic E-state index is -0.796. The average molecular weight is 500 g/mol. The van der Waals surface area contributed by atoms with Crippen LogP contribution < -0.4 is 10.9 Å². The highest BCUT2D eigenvalue weighted by Gasteiger charge is 2.35. The summed E-state index contributed by atoms with van der Waals surface area (Å²) in [5.74, 6) is -2.50. The lowest BCUT2D eigenvalue weighted by molar-refractivity contribution is -0.147. The van der Waals surface area contributed by atoms with E-state index in [9.17, 15) is 19.6 Å². The molecule has 1 aromatic heterocycles. The van der Waals surface area contributed by atoms with Crippen LogP contribution in [-0.4, -0.2) is 34.5 Å². The predicted octanol–water partition coefficient (Wildman–Crippen LogP) is 4.69. The Balaban J connectivity index is 2.23. The maximum absolute atomic E-state index is 13.5. The number of rotatable bonds is 12. The van der Waals surface area contributed by atoms with Crippen molar-refractivity contribution in [3.05, 3.63) is 64.4 Å². The topological polar surface area (TPSA) is 98.7 Å². The van der Waals surface area contributed by atoms with E-state index in [1.54, 1.807) is 5.48 Å². The molecule has 3 N–H and O–H groups in total. The molecule has 0 spiro atoms. The van der Waals surface area contributed by atoms with Crippen molar-refractivity contribution in [1.29, 1.82) is 0 Å². The van der Waals surface area contributed by atoms with Gasteiger partial charge in [-0.1, -0.05) is 70.2 Å². The maximum atomic E-state index is 13.5. The molecule has 3 amide bonds. The van der Waals surface area contributed by atoms with Crippen molar-refractivity contribution in [3.8, 4) is 0 Å². The zero-order valence-corrected chi connectivity index (χ0v) is 21.8. The second-order valence-corrected chi connectivity index (χ2v) is 10.3. The van der Waals surface area contributed by atoms with E-state index in [4.69, 9.17) is 0 Å². The summed E-state index contributed by atoms with van der Waals surface area (Å²) < 4.78 is 0. The number of nitrogens with one attached hydrogen (secondary N) is 2. The summed E-state index contributed by atoms with van der Waals surface area (Å²) in [6, 6.07) is 11.5. The van der Waals surface area contributed by atoms with Gasteiger partial charge in [-0.15, -0.1) is 0 Å². The molecule has 0 aliphatic heterocycles. The van der Waals surface area contributed by atoms with Crippen LogP contribution in [0.4, 0.5) is 0 Å².